The topological polar surface area (TPSA) is 147 Å². The first-order chi connectivity index (χ1) is 23.5. The molecule has 1 aliphatic carbocycles. The predicted octanol–water partition coefficient (Wildman–Crippen LogP) is 5.19. The number of carboxylic acid groups (broad SMARTS) is 1. The van der Waals surface area contributed by atoms with Gasteiger partial charge in [0.1, 0.15) is 32.0 Å². The molecule has 49 heavy (non-hydrogen) atoms. The summed E-state index contributed by atoms with van der Waals surface area (Å²) in [5, 5.41) is 15.0. The van der Waals surface area contributed by atoms with Crippen LogP contribution in [0, 0.1) is 6.92 Å². The van der Waals surface area contributed by atoms with E-state index in [2.05, 4.69) is 15.3 Å². The van der Waals surface area contributed by atoms with E-state index in [4.69, 9.17) is 14.9 Å². The molecule has 0 unspecified atom stereocenters. The predicted molar refractivity (Wildman–Crippen MR) is 190 cm³/mol. The van der Waals surface area contributed by atoms with E-state index in [1.165, 1.54) is 6.07 Å². The molecule has 0 saturated carbocycles. The number of hydrogen-bond donors (Lipinski definition) is 3. The number of nitrogens with two attached hydrogens (primary N) is 1. The van der Waals surface area contributed by atoms with Crippen LogP contribution in [0.25, 0.3) is 33.4 Å². The second-order valence-corrected chi connectivity index (χ2v) is 12.2. The van der Waals surface area contributed by atoms with Crippen LogP contribution in [-0.4, -0.2) is 55.1 Å². The number of nitrogen functional groups attached to an aromatic ring is 1. The van der Waals surface area contributed by atoms with Gasteiger partial charge in [0.25, 0.3) is 5.91 Å². The molecule has 1 aromatic heterocycles. The van der Waals surface area contributed by atoms with Crippen LogP contribution in [-0.2, 0) is 13.2 Å². The Morgan fingerprint density at radius 1 is 0.918 bits per heavy atom. The number of aromatic nitrogens is 2. The normalized spacial score (nSPS) is 11.0. The van der Waals surface area contributed by atoms with Gasteiger partial charge in [-0.3, -0.25) is 4.79 Å². The molecule has 0 fully saturated rings. The van der Waals surface area contributed by atoms with Gasteiger partial charge in [-0.25, -0.2) is 14.4 Å². The zero-order valence-electron chi connectivity index (χ0n) is 27.9. The fourth-order valence-corrected chi connectivity index (χ4v) is 5.63. The number of aromatic carboxylic acids is 1. The summed E-state index contributed by atoms with van der Waals surface area (Å²) in [6, 6.07) is 25.8. The first-order valence-corrected chi connectivity index (χ1v) is 15.6. The number of ether oxygens (including phenoxy) is 1. The van der Waals surface area contributed by atoms with Crippen molar-refractivity contribution < 1.29 is 23.8 Å². The summed E-state index contributed by atoms with van der Waals surface area (Å²) >= 11 is 0. The lowest BCUT2D eigenvalue weighted by Crippen LogP contribution is -2.23. The smallest absolute Gasteiger partial charge is 0.336 e. The maximum absolute atomic E-state index is 13.3. The number of carboxylic acids is 1. The van der Waals surface area contributed by atoms with Gasteiger partial charge >= 0.3 is 5.97 Å². The van der Waals surface area contributed by atoms with Crippen LogP contribution in [0.2, 0.25) is 0 Å². The van der Waals surface area contributed by atoms with Crippen LogP contribution in [0.3, 0.4) is 0 Å². The van der Waals surface area contributed by atoms with Crippen molar-refractivity contribution >= 4 is 34.5 Å². The standard InChI is InChI=1S/C38H36N6O5/c1-22-16-34(42-38(39)41-22)48-21-24-8-6-23(7-9-24)20-40-36(45)25-10-13-28(31(17-25)37(46)47)35-29-14-11-26(43(2)3)18-32(29)49-33-19-27(44(4)5)12-15-30(33)35/h6-19H,20-21H2,1-5H3,(H3-,39,40,41,42,45,46,47)/p+1. The van der Waals surface area contributed by atoms with E-state index < -0.39 is 5.97 Å². The highest BCUT2D eigenvalue weighted by Crippen LogP contribution is 2.42. The Balaban J connectivity index is 1.27. The van der Waals surface area contributed by atoms with Crippen molar-refractivity contribution in [3.05, 3.63) is 118 Å². The Kier molecular flexibility index (Phi) is 9.00. The lowest BCUT2D eigenvalue weighted by molar-refractivity contribution is 0.0697. The molecule has 0 atom stereocenters. The Morgan fingerprint density at radius 3 is 2.35 bits per heavy atom. The van der Waals surface area contributed by atoms with Crippen molar-refractivity contribution in [2.45, 2.75) is 20.1 Å². The largest absolute Gasteiger partial charge is 0.478 e. The Hall–Kier alpha value is -6.23. The number of nitrogens with zero attached hydrogens (tertiary/aromatic N) is 4. The summed E-state index contributed by atoms with van der Waals surface area (Å²) in [4.78, 5) is 36.1. The number of carbonyl (C=O) groups is 2. The van der Waals surface area contributed by atoms with Gasteiger partial charge in [-0.2, -0.15) is 4.98 Å². The summed E-state index contributed by atoms with van der Waals surface area (Å²) in [7, 11) is 7.80. The van der Waals surface area contributed by atoms with Gasteiger partial charge in [0, 0.05) is 72.3 Å². The summed E-state index contributed by atoms with van der Waals surface area (Å²) in [5.74, 6) is -0.356. The van der Waals surface area contributed by atoms with Crippen LogP contribution in [0.5, 0.6) is 5.88 Å². The first-order valence-electron chi connectivity index (χ1n) is 15.6. The molecule has 0 saturated heterocycles. The van der Waals surface area contributed by atoms with Crippen molar-refractivity contribution in [1.82, 2.24) is 19.9 Å². The molecular formula is C38H37N6O5+. The molecule has 11 heteroatoms. The van der Waals surface area contributed by atoms with Crippen molar-refractivity contribution in [3.63, 3.8) is 0 Å². The number of aryl methyl sites for hydroxylation is 1. The van der Waals surface area contributed by atoms with E-state index in [9.17, 15) is 14.7 Å². The number of fused-ring (bicyclic) bond motifs is 2. The maximum Gasteiger partial charge on any atom is 0.336 e. The minimum atomic E-state index is -1.14. The molecule has 4 N–H and O–H groups in total. The van der Waals surface area contributed by atoms with E-state index in [-0.39, 0.29) is 29.5 Å². The SMILES string of the molecule is Cc1cc(OCc2ccc(CNC(=O)c3ccc(-c4c5ccc(=[N+](C)C)cc-5oc5cc(N(C)C)ccc45)c(C(=O)O)c3)cc2)nc(N)n1. The van der Waals surface area contributed by atoms with E-state index >= 15 is 0 Å². The van der Waals surface area contributed by atoms with Crippen LogP contribution >= 0.6 is 0 Å². The van der Waals surface area contributed by atoms with Crippen molar-refractivity contribution in [3.8, 4) is 28.3 Å². The third-order valence-electron chi connectivity index (χ3n) is 8.21. The van der Waals surface area contributed by atoms with Crippen LogP contribution in [0.1, 0.15) is 37.5 Å². The molecule has 2 heterocycles. The van der Waals surface area contributed by atoms with Gasteiger partial charge in [0.2, 0.25) is 17.2 Å². The van der Waals surface area contributed by atoms with Gasteiger partial charge in [-0.1, -0.05) is 30.3 Å². The van der Waals surface area contributed by atoms with Gasteiger partial charge in [0.15, 0.2) is 0 Å². The molecule has 6 rings (SSSR count). The number of hydrogen-bond acceptors (Lipinski definition) is 8. The summed E-state index contributed by atoms with van der Waals surface area (Å²) in [6.45, 7) is 2.36. The van der Waals surface area contributed by atoms with Crippen molar-refractivity contribution in [2.75, 3.05) is 38.8 Å². The molecule has 0 bridgehead atoms. The molecule has 1 aliphatic heterocycles. The Morgan fingerprint density at radius 2 is 1.65 bits per heavy atom. The number of nitrogens with one attached hydrogen (secondary N) is 1. The van der Waals surface area contributed by atoms with Crippen LogP contribution in [0.4, 0.5) is 11.6 Å². The van der Waals surface area contributed by atoms with E-state index in [0.29, 0.717) is 35.1 Å². The quantitative estimate of drug-likeness (QED) is 0.141. The minimum Gasteiger partial charge on any atom is -0.478 e. The lowest BCUT2D eigenvalue weighted by atomic mass is 9.89. The number of anilines is 2. The van der Waals surface area contributed by atoms with Crippen LogP contribution in [0.15, 0.2) is 89.3 Å². The number of amides is 1. The zero-order valence-corrected chi connectivity index (χ0v) is 27.9. The first kappa shape index (κ1) is 32.7. The molecule has 0 spiro atoms. The average molecular weight is 658 g/mol. The van der Waals surface area contributed by atoms with Gasteiger partial charge in [-0.15, -0.1) is 0 Å². The summed E-state index contributed by atoms with van der Waals surface area (Å²) < 4.78 is 14.1. The van der Waals surface area contributed by atoms with E-state index in [1.54, 1.807) is 18.2 Å². The second-order valence-electron chi connectivity index (χ2n) is 12.2. The fraction of sp³-hybridized carbons (Fsp3) is 0.184. The molecule has 3 aromatic carbocycles. The monoisotopic (exact) mass is 657 g/mol. The highest BCUT2D eigenvalue weighted by molar-refractivity contribution is 6.09. The molecule has 4 aromatic rings. The van der Waals surface area contributed by atoms with E-state index in [1.807, 2.05) is 105 Å². The van der Waals surface area contributed by atoms with Gasteiger partial charge < -0.3 is 30.2 Å². The third-order valence-corrected chi connectivity index (χ3v) is 8.21. The highest BCUT2D eigenvalue weighted by Gasteiger charge is 2.23. The Labute approximate surface area is 283 Å². The molecular weight excluding hydrogens is 620 g/mol. The number of carbonyl (C=O) groups excluding carboxylic acids is 1. The van der Waals surface area contributed by atoms with Crippen LogP contribution < -0.4 is 30.6 Å². The molecule has 0 radical (unpaired) electrons. The summed E-state index contributed by atoms with van der Waals surface area (Å²) in [5.41, 5.74) is 12.0. The van der Waals surface area contributed by atoms with Crippen molar-refractivity contribution in [1.29, 1.82) is 0 Å². The molecule has 1 amide bonds. The fourth-order valence-electron chi connectivity index (χ4n) is 5.63. The van der Waals surface area contributed by atoms with Crippen molar-refractivity contribution in [2.24, 2.45) is 0 Å². The second kappa shape index (κ2) is 13.5. The number of benzene rings is 4. The van der Waals surface area contributed by atoms with Gasteiger partial charge in [-0.05, 0) is 53.9 Å². The maximum atomic E-state index is 13.3. The third kappa shape index (κ3) is 7.05. The minimum absolute atomic E-state index is 0.0137. The Bertz CT molecular complexity index is 2230. The average Bonchev–Trinajstić information content (AvgIpc) is 3.07. The number of rotatable bonds is 9. The van der Waals surface area contributed by atoms with Gasteiger partial charge in [0.05, 0.1) is 11.6 Å². The highest BCUT2D eigenvalue weighted by atomic mass is 16.5. The molecule has 2 aliphatic rings. The lowest BCUT2D eigenvalue weighted by Gasteiger charge is -2.19. The van der Waals surface area contributed by atoms with E-state index in [0.717, 1.165) is 38.7 Å². The molecule has 248 valence electrons. The zero-order chi connectivity index (χ0) is 34.8. The molecule has 11 nitrogen and oxygen atoms in total. The summed E-state index contributed by atoms with van der Waals surface area (Å²) in [6.07, 6.45) is 0.